The molecule has 2 atom stereocenters. The highest BCUT2D eigenvalue weighted by Crippen LogP contribution is 2.40. The number of amides is 2. The van der Waals surface area contributed by atoms with E-state index in [1.165, 1.54) is 17.4 Å². The van der Waals surface area contributed by atoms with Gasteiger partial charge in [-0.1, -0.05) is 23.5 Å². The first kappa shape index (κ1) is 23.3. The molecule has 2 aliphatic rings. The molecule has 35 heavy (non-hydrogen) atoms. The zero-order valence-corrected chi connectivity index (χ0v) is 19.6. The van der Waals surface area contributed by atoms with Crippen molar-refractivity contribution in [1.82, 2.24) is 20.2 Å². The largest absolute Gasteiger partial charge is 0.373 e. The third-order valence-corrected chi connectivity index (χ3v) is 6.98. The number of anilines is 1. The van der Waals surface area contributed by atoms with Gasteiger partial charge in [-0.25, -0.2) is 18.6 Å². The van der Waals surface area contributed by atoms with Crippen molar-refractivity contribution in [3.05, 3.63) is 53.3 Å². The first-order valence-electron chi connectivity index (χ1n) is 11.1. The summed E-state index contributed by atoms with van der Waals surface area (Å²) in [7, 11) is 0. The number of urea groups is 1. The Hall–Kier alpha value is -3.46. The molecule has 11 heteroatoms. The number of carbonyl (C=O) groups is 1. The first-order chi connectivity index (χ1) is 16.9. The third-order valence-electron chi connectivity index (χ3n) is 5.96. The van der Waals surface area contributed by atoms with E-state index >= 15 is 0 Å². The number of halogens is 2. The SMILES string of the molecule is Cc1cc(-c2sc(NC(=O)N3CC4NCCOC4C3)nc2-c2cccc(C#N)c2)cc(C(F)F)n1. The van der Waals surface area contributed by atoms with Crippen LogP contribution in [0, 0.1) is 18.3 Å². The Balaban J connectivity index is 1.50. The van der Waals surface area contributed by atoms with Crippen molar-refractivity contribution in [3.8, 4) is 27.8 Å². The summed E-state index contributed by atoms with van der Waals surface area (Å²) in [6.07, 6.45) is -2.76. The van der Waals surface area contributed by atoms with Crippen LogP contribution in [0.25, 0.3) is 21.7 Å². The van der Waals surface area contributed by atoms with Crippen LogP contribution in [0.1, 0.15) is 23.4 Å². The Kier molecular flexibility index (Phi) is 6.42. The fourth-order valence-electron chi connectivity index (χ4n) is 4.37. The number of hydrogen-bond acceptors (Lipinski definition) is 7. The van der Waals surface area contributed by atoms with Gasteiger partial charge in [-0.3, -0.25) is 10.3 Å². The van der Waals surface area contributed by atoms with Crippen LogP contribution in [0.3, 0.4) is 0 Å². The summed E-state index contributed by atoms with van der Waals surface area (Å²) in [5, 5.41) is 15.9. The zero-order chi connectivity index (χ0) is 24.5. The van der Waals surface area contributed by atoms with Gasteiger partial charge in [0.1, 0.15) is 5.69 Å². The van der Waals surface area contributed by atoms with Crippen molar-refractivity contribution < 1.29 is 18.3 Å². The molecular formula is C24H22F2N6O2S. The fourth-order valence-corrected chi connectivity index (χ4v) is 5.33. The minimum Gasteiger partial charge on any atom is -0.373 e. The molecule has 0 aliphatic carbocycles. The van der Waals surface area contributed by atoms with Gasteiger partial charge in [0.05, 0.1) is 47.5 Å². The summed E-state index contributed by atoms with van der Waals surface area (Å²) in [5.41, 5.74) is 2.22. The highest BCUT2D eigenvalue weighted by Gasteiger charge is 2.37. The highest BCUT2D eigenvalue weighted by molar-refractivity contribution is 7.19. The smallest absolute Gasteiger partial charge is 0.323 e. The Bertz CT molecular complexity index is 1290. The van der Waals surface area contributed by atoms with E-state index in [-0.39, 0.29) is 23.9 Å². The summed E-state index contributed by atoms with van der Waals surface area (Å²) in [6.45, 7) is 4.01. The number of nitrogens with one attached hydrogen (secondary N) is 2. The fraction of sp³-hybridized carbons (Fsp3) is 0.333. The molecule has 2 unspecified atom stereocenters. The molecule has 2 aromatic heterocycles. The topological polar surface area (TPSA) is 103 Å². The molecular weight excluding hydrogens is 474 g/mol. The van der Waals surface area contributed by atoms with Crippen molar-refractivity contribution >= 4 is 22.5 Å². The number of likely N-dealkylation sites (tertiary alicyclic amines) is 1. The summed E-state index contributed by atoms with van der Waals surface area (Å²) >= 11 is 1.19. The van der Waals surface area contributed by atoms with E-state index in [9.17, 15) is 18.8 Å². The quantitative estimate of drug-likeness (QED) is 0.561. The normalized spacial score (nSPS) is 19.5. The number of carbonyl (C=O) groups excluding carboxylic acids is 1. The first-order valence-corrected chi connectivity index (χ1v) is 11.9. The number of thiazole rings is 1. The molecule has 0 spiro atoms. The lowest BCUT2D eigenvalue weighted by molar-refractivity contribution is 0.0187. The minimum absolute atomic E-state index is 0.0433. The predicted molar refractivity (Wildman–Crippen MR) is 127 cm³/mol. The molecule has 0 saturated carbocycles. The van der Waals surface area contributed by atoms with E-state index in [0.717, 1.165) is 6.54 Å². The molecule has 0 radical (unpaired) electrons. The van der Waals surface area contributed by atoms with E-state index in [1.54, 1.807) is 42.2 Å². The lowest BCUT2D eigenvalue weighted by atomic mass is 10.0. The molecule has 2 fully saturated rings. The van der Waals surface area contributed by atoms with Crippen molar-refractivity contribution in [2.75, 3.05) is 31.6 Å². The number of morpholine rings is 1. The summed E-state index contributed by atoms with van der Waals surface area (Å²) in [5.74, 6) is 0. The molecule has 5 rings (SSSR count). The molecule has 1 aromatic carbocycles. The van der Waals surface area contributed by atoms with Crippen LogP contribution in [-0.4, -0.2) is 59.3 Å². The third kappa shape index (κ3) is 4.86. The van der Waals surface area contributed by atoms with Crippen LogP contribution < -0.4 is 10.6 Å². The van der Waals surface area contributed by atoms with Gasteiger partial charge < -0.3 is 15.0 Å². The maximum atomic E-state index is 13.5. The number of aromatic nitrogens is 2. The van der Waals surface area contributed by atoms with E-state index in [2.05, 4.69) is 26.7 Å². The Morgan fingerprint density at radius 3 is 2.91 bits per heavy atom. The van der Waals surface area contributed by atoms with Crippen LogP contribution in [0.15, 0.2) is 36.4 Å². The number of rotatable bonds is 4. The maximum absolute atomic E-state index is 13.5. The van der Waals surface area contributed by atoms with Crippen molar-refractivity contribution in [3.63, 3.8) is 0 Å². The maximum Gasteiger partial charge on any atom is 0.323 e. The number of hydrogen-bond donors (Lipinski definition) is 2. The molecule has 3 aromatic rings. The summed E-state index contributed by atoms with van der Waals surface area (Å²) in [4.78, 5) is 23.8. The van der Waals surface area contributed by atoms with Gasteiger partial charge >= 0.3 is 6.03 Å². The van der Waals surface area contributed by atoms with Gasteiger partial charge in [-0.2, -0.15) is 5.26 Å². The Morgan fingerprint density at radius 2 is 2.14 bits per heavy atom. The van der Waals surface area contributed by atoms with Crippen LogP contribution in [0.4, 0.5) is 18.7 Å². The van der Waals surface area contributed by atoms with Gasteiger partial charge in [0.15, 0.2) is 5.13 Å². The van der Waals surface area contributed by atoms with Gasteiger partial charge in [-0.05, 0) is 36.8 Å². The lowest BCUT2D eigenvalue weighted by Gasteiger charge is -2.25. The molecule has 2 aliphatic heterocycles. The standard InChI is InChI=1S/C24H22F2N6O2S/c1-13-7-16(9-17(29-13)22(25)26)21-20(15-4-2-3-14(8-15)10-27)30-23(35-21)31-24(33)32-11-18-19(12-32)34-6-5-28-18/h2-4,7-9,18-19,22,28H,5-6,11-12H2,1H3,(H,30,31,33). The number of ether oxygens (including phenoxy) is 1. The van der Waals surface area contributed by atoms with E-state index in [4.69, 9.17) is 4.74 Å². The number of pyridine rings is 1. The lowest BCUT2D eigenvalue weighted by Crippen LogP contribution is -2.47. The second-order valence-corrected chi connectivity index (χ2v) is 9.42. The summed E-state index contributed by atoms with van der Waals surface area (Å²) in [6, 6.07) is 11.8. The molecule has 8 nitrogen and oxygen atoms in total. The van der Waals surface area contributed by atoms with Gasteiger partial charge in [0, 0.05) is 24.3 Å². The number of benzene rings is 1. The molecule has 2 N–H and O–H groups in total. The van der Waals surface area contributed by atoms with Gasteiger partial charge in [-0.15, -0.1) is 0 Å². The number of fused-ring (bicyclic) bond motifs is 1. The van der Waals surface area contributed by atoms with Crippen molar-refractivity contribution in [1.29, 1.82) is 5.26 Å². The van der Waals surface area contributed by atoms with E-state index in [0.29, 0.717) is 57.8 Å². The zero-order valence-electron chi connectivity index (χ0n) is 18.8. The minimum atomic E-state index is -2.72. The van der Waals surface area contributed by atoms with E-state index in [1.807, 2.05) is 0 Å². The predicted octanol–water partition coefficient (Wildman–Crippen LogP) is 4.19. The van der Waals surface area contributed by atoms with Crippen LogP contribution in [-0.2, 0) is 4.74 Å². The molecule has 4 heterocycles. The molecule has 2 saturated heterocycles. The van der Waals surface area contributed by atoms with Crippen molar-refractivity contribution in [2.45, 2.75) is 25.5 Å². The second kappa shape index (κ2) is 9.65. The number of aryl methyl sites for hydroxylation is 1. The molecule has 0 bridgehead atoms. The number of alkyl halides is 2. The Labute approximate surface area is 204 Å². The average Bonchev–Trinajstić information content (AvgIpc) is 3.48. The van der Waals surface area contributed by atoms with E-state index < -0.39 is 6.43 Å². The highest BCUT2D eigenvalue weighted by atomic mass is 32.1. The summed E-state index contributed by atoms with van der Waals surface area (Å²) < 4.78 is 32.6. The van der Waals surface area contributed by atoms with Crippen LogP contribution >= 0.6 is 11.3 Å². The van der Waals surface area contributed by atoms with Crippen LogP contribution in [0.2, 0.25) is 0 Å². The molecule has 180 valence electrons. The number of nitrogens with zero attached hydrogens (tertiary/aromatic N) is 4. The number of nitriles is 1. The van der Waals surface area contributed by atoms with Gasteiger partial charge in [0.25, 0.3) is 6.43 Å². The van der Waals surface area contributed by atoms with Crippen LogP contribution in [0.5, 0.6) is 0 Å². The second-order valence-electron chi connectivity index (χ2n) is 8.42. The molecule has 2 amide bonds. The van der Waals surface area contributed by atoms with Crippen molar-refractivity contribution in [2.24, 2.45) is 0 Å². The Morgan fingerprint density at radius 1 is 1.29 bits per heavy atom. The monoisotopic (exact) mass is 496 g/mol. The average molecular weight is 497 g/mol. The van der Waals surface area contributed by atoms with Gasteiger partial charge in [0.2, 0.25) is 0 Å².